The summed E-state index contributed by atoms with van der Waals surface area (Å²) >= 11 is 0. The Morgan fingerprint density at radius 2 is 1.80 bits per heavy atom. The van der Waals surface area contributed by atoms with E-state index in [2.05, 4.69) is 5.32 Å². The van der Waals surface area contributed by atoms with Crippen LogP contribution in [0.1, 0.15) is 18.4 Å². The number of carboxylic acid groups (broad SMARTS) is 1. The third kappa shape index (κ3) is 2.13. The van der Waals surface area contributed by atoms with Crippen LogP contribution < -0.4 is 5.32 Å². The molecular weight excluding hydrogens is 254 g/mol. The summed E-state index contributed by atoms with van der Waals surface area (Å²) in [6, 6.07) is 13.9. The number of carboxylic acids is 1. The molecule has 2 aromatic rings. The number of rotatable bonds is 4. The molecule has 3 rings (SSSR count). The van der Waals surface area contributed by atoms with Crippen molar-refractivity contribution in [2.45, 2.75) is 19.4 Å². The first-order valence-corrected chi connectivity index (χ1v) is 6.61. The summed E-state index contributed by atoms with van der Waals surface area (Å²) in [5.74, 6) is -1.40. The fraction of sp³-hybridized carbons (Fsp3) is 0.250. The highest BCUT2D eigenvalue weighted by Crippen LogP contribution is 2.46. The van der Waals surface area contributed by atoms with Crippen LogP contribution in [0, 0.1) is 5.41 Å². The van der Waals surface area contributed by atoms with Gasteiger partial charge in [-0.3, -0.25) is 9.59 Å². The predicted octanol–water partition coefficient (Wildman–Crippen LogP) is 2.32. The first kappa shape index (κ1) is 12.7. The number of fused-ring (bicyclic) bond motifs is 1. The number of nitrogens with one attached hydrogen (secondary N) is 1. The molecule has 0 saturated heterocycles. The Morgan fingerprint density at radius 3 is 2.45 bits per heavy atom. The molecule has 0 aliphatic heterocycles. The van der Waals surface area contributed by atoms with Crippen LogP contribution in [0.3, 0.4) is 0 Å². The molecule has 0 heterocycles. The van der Waals surface area contributed by atoms with Gasteiger partial charge < -0.3 is 10.4 Å². The van der Waals surface area contributed by atoms with Gasteiger partial charge in [0.25, 0.3) is 0 Å². The van der Waals surface area contributed by atoms with E-state index in [-0.39, 0.29) is 5.91 Å². The van der Waals surface area contributed by atoms with Crippen molar-refractivity contribution in [3.8, 4) is 0 Å². The van der Waals surface area contributed by atoms with Gasteiger partial charge in [0.15, 0.2) is 0 Å². The summed E-state index contributed by atoms with van der Waals surface area (Å²) < 4.78 is 0. The molecule has 4 nitrogen and oxygen atoms in total. The standard InChI is InChI=1S/C16H15NO3/c18-14(16(7-8-16)15(19)20)17-10-11-5-6-12-3-1-2-4-13(12)9-11/h1-6,9H,7-8,10H2,(H,17,18)(H,19,20). The highest BCUT2D eigenvalue weighted by molar-refractivity contribution is 6.04. The molecular formula is C16H15NO3. The van der Waals surface area contributed by atoms with Crippen LogP contribution in [-0.2, 0) is 16.1 Å². The van der Waals surface area contributed by atoms with Gasteiger partial charge in [-0.05, 0) is 35.2 Å². The summed E-state index contributed by atoms with van der Waals surface area (Å²) in [5.41, 5.74) is -0.199. The zero-order valence-electron chi connectivity index (χ0n) is 10.9. The fourth-order valence-electron chi connectivity index (χ4n) is 2.36. The van der Waals surface area contributed by atoms with Crippen LogP contribution in [-0.4, -0.2) is 17.0 Å². The smallest absolute Gasteiger partial charge is 0.319 e. The Morgan fingerprint density at radius 1 is 1.10 bits per heavy atom. The third-order valence-corrected chi connectivity index (χ3v) is 3.86. The minimum atomic E-state index is -1.17. The quantitative estimate of drug-likeness (QED) is 0.837. The lowest BCUT2D eigenvalue weighted by Gasteiger charge is -2.11. The predicted molar refractivity (Wildman–Crippen MR) is 75.1 cm³/mol. The van der Waals surface area contributed by atoms with Crippen molar-refractivity contribution >= 4 is 22.6 Å². The summed E-state index contributed by atoms with van der Waals surface area (Å²) in [5, 5.41) is 14.0. The summed E-state index contributed by atoms with van der Waals surface area (Å²) in [6.45, 7) is 0.360. The molecule has 1 amide bonds. The monoisotopic (exact) mass is 269 g/mol. The molecule has 0 unspecified atom stereocenters. The molecule has 20 heavy (non-hydrogen) atoms. The second-order valence-corrected chi connectivity index (χ2v) is 5.25. The van der Waals surface area contributed by atoms with E-state index in [4.69, 9.17) is 5.11 Å². The number of benzene rings is 2. The van der Waals surface area contributed by atoms with Crippen LogP contribution in [0.5, 0.6) is 0 Å². The van der Waals surface area contributed by atoms with Crippen LogP contribution in [0.2, 0.25) is 0 Å². The summed E-state index contributed by atoms with van der Waals surface area (Å²) in [6.07, 6.45) is 0.873. The van der Waals surface area contributed by atoms with Crippen LogP contribution in [0.15, 0.2) is 42.5 Å². The van der Waals surface area contributed by atoms with E-state index >= 15 is 0 Å². The second-order valence-electron chi connectivity index (χ2n) is 5.25. The van der Waals surface area contributed by atoms with Gasteiger partial charge in [-0.15, -0.1) is 0 Å². The molecule has 1 fully saturated rings. The maximum atomic E-state index is 11.9. The van der Waals surface area contributed by atoms with Gasteiger partial charge in [-0.25, -0.2) is 0 Å². The molecule has 0 aromatic heterocycles. The van der Waals surface area contributed by atoms with Crippen molar-refractivity contribution in [1.29, 1.82) is 0 Å². The Bertz CT molecular complexity index is 689. The molecule has 1 aliphatic carbocycles. The molecule has 2 N–H and O–H groups in total. The van der Waals surface area contributed by atoms with Crippen molar-refractivity contribution in [1.82, 2.24) is 5.32 Å². The zero-order chi connectivity index (χ0) is 14.2. The number of carbonyl (C=O) groups is 2. The topological polar surface area (TPSA) is 66.4 Å². The SMILES string of the molecule is O=C(O)C1(C(=O)NCc2ccc3ccccc3c2)CC1. The van der Waals surface area contributed by atoms with Crippen LogP contribution in [0.4, 0.5) is 0 Å². The molecule has 102 valence electrons. The molecule has 2 aromatic carbocycles. The van der Waals surface area contributed by atoms with Gasteiger partial charge in [0.2, 0.25) is 5.91 Å². The molecule has 0 radical (unpaired) electrons. The van der Waals surface area contributed by atoms with Gasteiger partial charge in [-0.1, -0.05) is 36.4 Å². The molecule has 1 aliphatic rings. The molecule has 0 spiro atoms. The van der Waals surface area contributed by atoms with E-state index < -0.39 is 11.4 Å². The van der Waals surface area contributed by atoms with Gasteiger partial charge in [0, 0.05) is 6.54 Å². The Balaban J connectivity index is 1.71. The largest absolute Gasteiger partial charge is 0.480 e. The molecule has 0 bridgehead atoms. The number of hydrogen-bond donors (Lipinski definition) is 2. The van der Waals surface area contributed by atoms with E-state index in [1.165, 1.54) is 0 Å². The average Bonchev–Trinajstić information content (AvgIpc) is 3.26. The first-order chi connectivity index (χ1) is 9.62. The fourth-order valence-corrected chi connectivity index (χ4v) is 2.36. The van der Waals surface area contributed by atoms with Gasteiger partial charge in [0.1, 0.15) is 5.41 Å². The van der Waals surface area contributed by atoms with E-state index in [0.717, 1.165) is 16.3 Å². The Labute approximate surface area is 116 Å². The van der Waals surface area contributed by atoms with Crippen LogP contribution in [0.25, 0.3) is 10.8 Å². The van der Waals surface area contributed by atoms with Crippen molar-refractivity contribution in [3.63, 3.8) is 0 Å². The number of amides is 1. The van der Waals surface area contributed by atoms with Crippen molar-refractivity contribution in [2.24, 2.45) is 5.41 Å². The van der Waals surface area contributed by atoms with Gasteiger partial charge in [-0.2, -0.15) is 0 Å². The second kappa shape index (κ2) is 4.63. The van der Waals surface area contributed by atoms with Gasteiger partial charge in [0.05, 0.1) is 0 Å². The lowest BCUT2D eigenvalue weighted by molar-refractivity contribution is -0.149. The van der Waals surface area contributed by atoms with E-state index in [0.29, 0.717) is 19.4 Å². The maximum absolute atomic E-state index is 11.9. The lowest BCUT2D eigenvalue weighted by Crippen LogP contribution is -2.36. The average molecular weight is 269 g/mol. The van der Waals surface area contributed by atoms with E-state index in [9.17, 15) is 9.59 Å². The van der Waals surface area contributed by atoms with Crippen molar-refractivity contribution in [2.75, 3.05) is 0 Å². The highest BCUT2D eigenvalue weighted by Gasteiger charge is 2.56. The lowest BCUT2D eigenvalue weighted by atomic mass is 10.1. The van der Waals surface area contributed by atoms with Gasteiger partial charge >= 0.3 is 5.97 Å². The molecule has 4 heteroatoms. The number of carbonyl (C=O) groups excluding carboxylic acids is 1. The summed E-state index contributed by atoms with van der Waals surface area (Å²) in [7, 11) is 0. The maximum Gasteiger partial charge on any atom is 0.319 e. The van der Waals surface area contributed by atoms with Crippen molar-refractivity contribution in [3.05, 3.63) is 48.0 Å². The molecule has 0 atom stereocenters. The van der Waals surface area contributed by atoms with E-state index in [1.54, 1.807) is 0 Å². The highest BCUT2D eigenvalue weighted by atomic mass is 16.4. The Hall–Kier alpha value is -2.36. The first-order valence-electron chi connectivity index (χ1n) is 6.61. The number of hydrogen-bond acceptors (Lipinski definition) is 2. The normalized spacial score (nSPS) is 15.8. The summed E-state index contributed by atoms with van der Waals surface area (Å²) in [4.78, 5) is 23.0. The zero-order valence-corrected chi connectivity index (χ0v) is 10.9. The van der Waals surface area contributed by atoms with Crippen molar-refractivity contribution < 1.29 is 14.7 Å². The minimum absolute atomic E-state index is 0.360. The third-order valence-electron chi connectivity index (χ3n) is 3.86. The van der Waals surface area contributed by atoms with Crippen LogP contribution >= 0.6 is 0 Å². The number of aliphatic carboxylic acids is 1. The minimum Gasteiger partial charge on any atom is -0.480 e. The Kier molecular flexibility index (Phi) is 2.93. The van der Waals surface area contributed by atoms with E-state index in [1.807, 2.05) is 42.5 Å². The molecule has 1 saturated carbocycles.